The molecule has 2 saturated heterocycles. The minimum atomic E-state index is -4.14. The Hall–Kier alpha value is -0.330. The molecule has 0 bridgehead atoms. The molecule has 0 amide bonds. The molecule has 0 aromatic heterocycles. The standard InChI is InChI=1S/C12H21F3N2O/c13-12(14,15)11-8-16-4-1-5-17(11)9-10-2-6-18-7-3-10/h10-11,16H,1-9H2. The van der Waals surface area contributed by atoms with Crippen molar-refractivity contribution in [2.24, 2.45) is 5.92 Å². The summed E-state index contributed by atoms with van der Waals surface area (Å²) >= 11 is 0. The lowest BCUT2D eigenvalue weighted by Gasteiger charge is -2.35. The molecule has 0 radical (unpaired) electrons. The Balaban J connectivity index is 1.96. The smallest absolute Gasteiger partial charge is 0.381 e. The molecule has 2 aliphatic rings. The third kappa shape index (κ3) is 3.83. The molecule has 1 unspecified atom stereocenters. The van der Waals surface area contributed by atoms with Gasteiger partial charge in [-0.3, -0.25) is 4.90 Å². The molecule has 0 aliphatic carbocycles. The van der Waals surface area contributed by atoms with Crippen molar-refractivity contribution in [2.45, 2.75) is 31.5 Å². The maximum absolute atomic E-state index is 13.0. The van der Waals surface area contributed by atoms with E-state index in [1.807, 2.05) is 0 Å². The van der Waals surface area contributed by atoms with Crippen LogP contribution in [0.25, 0.3) is 0 Å². The van der Waals surface area contributed by atoms with Crippen LogP contribution >= 0.6 is 0 Å². The first-order valence-electron chi connectivity index (χ1n) is 6.66. The second kappa shape index (κ2) is 6.21. The first-order chi connectivity index (χ1) is 8.57. The predicted octanol–water partition coefficient (Wildman–Crippen LogP) is 1.64. The lowest BCUT2D eigenvalue weighted by molar-refractivity contribution is -0.183. The van der Waals surface area contributed by atoms with Crippen LogP contribution in [0.2, 0.25) is 0 Å². The van der Waals surface area contributed by atoms with Crippen molar-refractivity contribution in [2.75, 3.05) is 39.4 Å². The number of nitrogens with one attached hydrogen (secondary N) is 1. The molecular formula is C12H21F3N2O. The zero-order valence-electron chi connectivity index (χ0n) is 10.5. The van der Waals surface area contributed by atoms with Crippen LogP contribution in [0.15, 0.2) is 0 Å². The van der Waals surface area contributed by atoms with E-state index >= 15 is 0 Å². The van der Waals surface area contributed by atoms with E-state index < -0.39 is 12.2 Å². The molecule has 0 aromatic rings. The van der Waals surface area contributed by atoms with Gasteiger partial charge in [-0.2, -0.15) is 13.2 Å². The van der Waals surface area contributed by atoms with Gasteiger partial charge in [0, 0.05) is 32.8 Å². The summed E-state index contributed by atoms with van der Waals surface area (Å²) < 4.78 is 44.3. The summed E-state index contributed by atoms with van der Waals surface area (Å²) in [4.78, 5) is 1.62. The average Bonchev–Trinajstić information content (AvgIpc) is 2.55. The number of hydrogen-bond donors (Lipinski definition) is 1. The van der Waals surface area contributed by atoms with Gasteiger partial charge in [-0.05, 0) is 31.7 Å². The van der Waals surface area contributed by atoms with Gasteiger partial charge in [-0.25, -0.2) is 0 Å². The Kier molecular flexibility index (Phi) is 4.86. The van der Waals surface area contributed by atoms with E-state index in [0.29, 0.717) is 38.8 Å². The first kappa shape index (κ1) is 14.1. The Morgan fingerprint density at radius 2 is 1.94 bits per heavy atom. The lowest BCUT2D eigenvalue weighted by atomic mass is 9.98. The normalized spacial score (nSPS) is 29.2. The van der Waals surface area contributed by atoms with Crippen LogP contribution in [-0.4, -0.2) is 56.5 Å². The van der Waals surface area contributed by atoms with Crippen LogP contribution in [0.5, 0.6) is 0 Å². The lowest BCUT2D eigenvalue weighted by Crippen LogP contribution is -2.51. The first-order valence-corrected chi connectivity index (χ1v) is 6.66. The fraction of sp³-hybridized carbons (Fsp3) is 1.00. The molecule has 2 heterocycles. The highest BCUT2D eigenvalue weighted by molar-refractivity contribution is 4.85. The number of rotatable bonds is 2. The minimum absolute atomic E-state index is 0.0206. The second-order valence-corrected chi connectivity index (χ2v) is 5.17. The van der Waals surface area contributed by atoms with Crippen molar-refractivity contribution in [1.29, 1.82) is 0 Å². The van der Waals surface area contributed by atoms with E-state index in [1.165, 1.54) is 0 Å². The summed E-state index contributed by atoms with van der Waals surface area (Å²) in [7, 11) is 0. The van der Waals surface area contributed by atoms with Gasteiger partial charge >= 0.3 is 6.18 Å². The van der Waals surface area contributed by atoms with Crippen molar-refractivity contribution >= 4 is 0 Å². The van der Waals surface area contributed by atoms with Crippen molar-refractivity contribution in [3.8, 4) is 0 Å². The minimum Gasteiger partial charge on any atom is -0.381 e. The van der Waals surface area contributed by atoms with Crippen LogP contribution < -0.4 is 5.32 Å². The topological polar surface area (TPSA) is 24.5 Å². The molecule has 0 saturated carbocycles. The number of halogens is 3. The van der Waals surface area contributed by atoms with Crippen LogP contribution in [0, 0.1) is 5.92 Å². The van der Waals surface area contributed by atoms with E-state index in [9.17, 15) is 13.2 Å². The molecule has 0 spiro atoms. The van der Waals surface area contributed by atoms with Gasteiger partial charge in [0.2, 0.25) is 0 Å². The molecule has 2 fully saturated rings. The summed E-state index contributed by atoms with van der Waals surface area (Å²) in [6.07, 6.45) is -1.58. The zero-order valence-corrected chi connectivity index (χ0v) is 10.5. The summed E-state index contributed by atoms with van der Waals surface area (Å²) in [5, 5.41) is 2.88. The van der Waals surface area contributed by atoms with Crippen LogP contribution in [0.1, 0.15) is 19.3 Å². The van der Waals surface area contributed by atoms with E-state index in [2.05, 4.69) is 5.32 Å². The van der Waals surface area contributed by atoms with Crippen LogP contribution in [-0.2, 0) is 4.74 Å². The zero-order chi connectivity index (χ0) is 13.0. The van der Waals surface area contributed by atoms with Crippen molar-refractivity contribution in [3.05, 3.63) is 0 Å². The largest absolute Gasteiger partial charge is 0.405 e. The van der Waals surface area contributed by atoms with Crippen LogP contribution in [0.4, 0.5) is 13.2 Å². The molecule has 1 atom stereocenters. The van der Waals surface area contributed by atoms with Gasteiger partial charge in [-0.1, -0.05) is 0 Å². The molecule has 0 aromatic carbocycles. The van der Waals surface area contributed by atoms with Gasteiger partial charge in [0.15, 0.2) is 0 Å². The fourth-order valence-corrected chi connectivity index (χ4v) is 2.73. The van der Waals surface area contributed by atoms with Crippen molar-refractivity contribution in [3.63, 3.8) is 0 Å². The molecule has 2 rings (SSSR count). The highest BCUT2D eigenvalue weighted by Crippen LogP contribution is 2.27. The van der Waals surface area contributed by atoms with E-state index in [-0.39, 0.29) is 6.54 Å². The monoisotopic (exact) mass is 266 g/mol. The van der Waals surface area contributed by atoms with Gasteiger partial charge < -0.3 is 10.1 Å². The highest BCUT2D eigenvalue weighted by Gasteiger charge is 2.44. The summed E-state index contributed by atoms with van der Waals surface area (Å²) in [5.41, 5.74) is 0. The predicted molar refractivity (Wildman–Crippen MR) is 62.4 cm³/mol. The third-order valence-corrected chi connectivity index (χ3v) is 3.79. The quantitative estimate of drug-likeness (QED) is 0.822. The highest BCUT2D eigenvalue weighted by atomic mass is 19.4. The molecule has 2 aliphatic heterocycles. The Morgan fingerprint density at radius 1 is 1.22 bits per heavy atom. The number of ether oxygens (including phenoxy) is 1. The molecular weight excluding hydrogens is 245 g/mol. The number of nitrogens with zero attached hydrogens (tertiary/aromatic N) is 1. The summed E-state index contributed by atoms with van der Waals surface area (Å²) in [5.74, 6) is 0.349. The Bertz CT molecular complexity index is 254. The Morgan fingerprint density at radius 3 is 2.61 bits per heavy atom. The average molecular weight is 266 g/mol. The Labute approximate surface area is 106 Å². The summed E-state index contributed by atoms with van der Waals surface area (Å²) in [6.45, 7) is 3.16. The molecule has 1 N–H and O–H groups in total. The maximum Gasteiger partial charge on any atom is 0.405 e. The fourth-order valence-electron chi connectivity index (χ4n) is 2.73. The van der Waals surface area contributed by atoms with Crippen molar-refractivity contribution < 1.29 is 17.9 Å². The second-order valence-electron chi connectivity index (χ2n) is 5.17. The molecule has 6 heteroatoms. The van der Waals surface area contributed by atoms with E-state index in [0.717, 1.165) is 19.3 Å². The van der Waals surface area contributed by atoms with Crippen LogP contribution in [0.3, 0.4) is 0 Å². The number of hydrogen-bond acceptors (Lipinski definition) is 3. The van der Waals surface area contributed by atoms with E-state index in [1.54, 1.807) is 4.90 Å². The van der Waals surface area contributed by atoms with Crippen molar-refractivity contribution in [1.82, 2.24) is 10.2 Å². The number of alkyl halides is 3. The van der Waals surface area contributed by atoms with Gasteiger partial charge in [0.25, 0.3) is 0 Å². The molecule has 106 valence electrons. The van der Waals surface area contributed by atoms with Gasteiger partial charge in [0.05, 0.1) is 0 Å². The molecule has 3 nitrogen and oxygen atoms in total. The van der Waals surface area contributed by atoms with Gasteiger partial charge in [0.1, 0.15) is 6.04 Å². The maximum atomic E-state index is 13.0. The van der Waals surface area contributed by atoms with Gasteiger partial charge in [-0.15, -0.1) is 0 Å². The SMILES string of the molecule is FC(F)(F)C1CNCCCN1CC1CCOCC1. The van der Waals surface area contributed by atoms with E-state index in [4.69, 9.17) is 4.74 Å². The third-order valence-electron chi connectivity index (χ3n) is 3.79. The molecule has 18 heavy (non-hydrogen) atoms. The summed E-state index contributed by atoms with van der Waals surface area (Å²) in [6, 6.07) is -1.33.